The summed E-state index contributed by atoms with van der Waals surface area (Å²) in [5, 5.41) is 7.09. The highest BCUT2D eigenvalue weighted by Gasteiger charge is 2.34. The Morgan fingerprint density at radius 1 is 1.67 bits per heavy atom. The van der Waals surface area contributed by atoms with Crippen molar-refractivity contribution in [2.45, 2.75) is 33.7 Å². The summed E-state index contributed by atoms with van der Waals surface area (Å²) >= 11 is 4.97. The van der Waals surface area contributed by atoms with Crippen molar-refractivity contribution in [2.75, 3.05) is 0 Å². The van der Waals surface area contributed by atoms with Gasteiger partial charge < -0.3 is 11.1 Å². The first-order chi connectivity index (χ1) is 8.31. The van der Waals surface area contributed by atoms with E-state index in [1.807, 2.05) is 27.1 Å². The normalized spacial score (nSPS) is 14.0. The molecule has 0 saturated heterocycles. The summed E-state index contributed by atoms with van der Waals surface area (Å²) in [6.45, 7) is 6.01. The second-order valence-corrected chi connectivity index (χ2v) is 5.09. The predicted molar refractivity (Wildman–Crippen MR) is 75.0 cm³/mol. The van der Waals surface area contributed by atoms with Crippen molar-refractivity contribution in [1.82, 2.24) is 15.1 Å². The molecule has 1 heterocycles. The standard InChI is InChI=1S/C12H20N4OS/c1-5-12(3,10(13)18)11(17)14-6-9-7-16(4)15-8(9)2/h7H,5-6H2,1-4H3,(H2,13,18)(H,14,17). The molecule has 0 spiro atoms. The molecule has 6 heteroatoms. The Labute approximate surface area is 113 Å². The average molecular weight is 268 g/mol. The van der Waals surface area contributed by atoms with Crippen molar-refractivity contribution in [3.8, 4) is 0 Å². The molecule has 1 aromatic rings. The summed E-state index contributed by atoms with van der Waals surface area (Å²) in [4.78, 5) is 12.4. The average Bonchev–Trinajstić information content (AvgIpc) is 2.63. The summed E-state index contributed by atoms with van der Waals surface area (Å²) in [6.07, 6.45) is 2.47. The quantitative estimate of drug-likeness (QED) is 0.783. The van der Waals surface area contributed by atoms with E-state index in [1.165, 1.54) is 0 Å². The molecule has 0 fully saturated rings. The fourth-order valence-electron chi connectivity index (χ4n) is 1.64. The van der Waals surface area contributed by atoms with Crippen molar-refractivity contribution >= 4 is 23.1 Å². The summed E-state index contributed by atoms with van der Waals surface area (Å²) in [5.74, 6) is -0.138. The van der Waals surface area contributed by atoms with E-state index in [2.05, 4.69) is 10.4 Å². The van der Waals surface area contributed by atoms with Gasteiger partial charge in [0.25, 0.3) is 0 Å². The molecule has 0 aromatic carbocycles. The van der Waals surface area contributed by atoms with Crippen LogP contribution in [-0.4, -0.2) is 20.7 Å². The third kappa shape index (κ3) is 2.87. The highest BCUT2D eigenvalue weighted by molar-refractivity contribution is 7.80. The molecule has 5 nitrogen and oxygen atoms in total. The van der Waals surface area contributed by atoms with Gasteiger partial charge in [0.2, 0.25) is 5.91 Å². The maximum absolute atomic E-state index is 12.1. The number of carbonyl (C=O) groups excluding carboxylic acids is 1. The molecule has 0 aliphatic heterocycles. The van der Waals surface area contributed by atoms with Crippen molar-refractivity contribution < 1.29 is 4.79 Å². The lowest BCUT2D eigenvalue weighted by Gasteiger charge is -2.25. The third-order valence-electron chi connectivity index (χ3n) is 3.31. The number of hydrogen-bond donors (Lipinski definition) is 2. The Kier molecular flexibility index (Phi) is 4.45. The van der Waals surface area contributed by atoms with Crippen LogP contribution >= 0.6 is 12.2 Å². The van der Waals surface area contributed by atoms with E-state index in [0.717, 1.165) is 11.3 Å². The van der Waals surface area contributed by atoms with Gasteiger partial charge in [-0.25, -0.2) is 0 Å². The van der Waals surface area contributed by atoms with Gasteiger partial charge in [-0.3, -0.25) is 9.48 Å². The number of hydrogen-bond acceptors (Lipinski definition) is 3. The van der Waals surface area contributed by atoms with Crippen LogP contribution in [-0.2, 0) is 18.4 Å². The number of nitrogens with two attached hydrogens (primary N) is 1. The van der Waals surface area contributed by atoms with Crippen LogP contribution in [0.25, 0.3) is 0 Å². The van der Waals surface area contributed by atoms with Crippen LogP contribution in [0.1, 0.15) is 31.5 Å². The first kappa shape index (κ1) is 14.6. The number of aryl methyl sites for hydroxylation is 2. The van der Waals surface area contributed by atoms with Gasteiger partial charge in [-0.05, 0) is 20.3 Å². The van der Waals surface area contributed by atoms with E-state index in [-0.39, 0.29) is 10.9 Å². The molecule has 18 heavy (non-hydrogen) atoms. The zero-order chi connectivity index (χ0) is 13.9. The minimum Gasteiger partial charge on any atom is -0.392 e. The fourth-order valence-corrected chi connectivity index (χ4v) is 1.88. The van der Waals surface area contributed by atoms with Crippen LogP contribution in [0.5, 0.6) is 0 Å². The molecular formula is C12H20N4OS. The monoisotopic (exact) mass is 268 g/mol. The topological polar surface area (TPSA) is 72.9 Å². The van der Waals surface area contributed by atoms with Crippen molar-refractivity contribution in [1.29, 1.82) is 0 Å². The van der Waals surface area contributed by atoms with Crippen molar-refractivity contribution in [2.24, 2.45) is 18.2 Å². The molecule has 100 valence electrons. The second kappa shape index (κ2) is 5.48. The van der Waals surface area contributed by atoms with Crippen LogP contribution in [0.4, 0.5) is 0 Å². The van der Waals surface area contributed by atoms with E-state index in [0.29, 0.717) is 13.0 Å². The van der Waals surface area contributed by atoms with Crippen molar-refractivity contribution in [3.63, 3.8) is 0 Å². The van der Waals surface area contributed by atoms with Gasteiger partial charge in [0, 0.05) is 25.4 Å². The lowest BCUT2D eigenvalue weighted by Crippen LogP contribution is -2.46. The first-order valence-corrected chi connectivity index (χ1v) is 6.29. The first-order valence-electron chi connectivity index (χ1n) is 5.88. The van der Waals surface area contributed by atoms with Crippen LogP contribution in [0.2, 0.25) is 0 Å². The predicted octanol–water partition coefficient (Wildman–Crippen LogP) is 1.05. The number of thiocarbonyl (C=S) groups is 1. The Hall–Kier alpha value is -1.43. The number of nitrogens with zero attached hydrogens (tertiary/aromatic N) is 2. The van der Waals surface area contributed by atoms with E-state index in [1.54, 1.807) is 11.6 Å². The molecule has 0 aliphatic rings. The van der Waals surface area contributed by atoms with Crippen LogP contribution < -0.4 is 11.1 Å². The van der Waals surface area contributed by atoms with Gasteiger partial charge in [0.1, 0.15) is 0 Å². The number of aromatic nitrogens is 2. The van der Waals surface area contributed by atoms with Gasteiger partial charge in [-0.15, -0.1) is 0 Å². The van der Waals surface area contributed by atoms with Crippen molar-refractivity contribution in [3.05, 3.63) is 17.5 Å². The van der Waals surface area contributed by atoms with Gasteiger partial charge in [-0.1, -0.05) is 19.1 Å². The maximum atomic E-state index is 12.1. The van der Waals surface area contributed by atoms with Crippen LogP contribution in [0.3, 0.4) is 0 Å². The third-order valence-corrected chi connectivity index (χ3v) is 3.76. The molecule has 1 atom stereocenters. The number of carbonyl (C=O) groups is 1. The van der Waals surface area contributed by atoms with Gasteiger partial charge in [0.05, 0.1) is 16.1 Å². The van der Waals surface area contributed by atoms with Gasteiger partial charge >= 0.3 is 0 Å². The fraction of sp³-hybridized carbons (Fsp3) is 0.583. The lowest BCUT2D eigenvalue weighted by molar-refractivity contribution is -0.127. The minimum atomic E-state index is -0.786. The Morgan fingerprint density at radius 3 is 2.67 bits per heavy atom. The number of nitrogens with one attached hydrogen (secondary N) is 1. The molecule has 1 unspecified atom stereocenters. The van der Waals surface area contributed by atoms with E-state index < -0.39 is 5.41 Å². The van der Waals surface area contributed by atoms with E-state index in [9.17, 15) is 4.79 Å². The maximum Gasteiger partial charge on any atom is 0.233 e. The molecule has 1 amide bonds. The second-order valence-electron chi connectivity index (χ2n) is 4.65. The Bertz CT molecular complexity index is 469. The summed E-state index contributed by atoms with van der Waals surface area (Å²) in [5.41, 5.74) is 6.75. The molecule has 0 aliphatic carbocycles. The molecule has 1 rings (SSSR count). The van der Waals surface area contributed by atoms with Crippen LogP contribution in [0, 0.1) is 12.3 Å². The highest BCUT2D eigenvalue weighted by Crippen LogP contribution is 2.21. The molecular weight excluding hydrogens is 248 g/mol. The number of amides is 1. The van der Waals surface area contributed by atoms with Gasteiger partial charge in [-0.2, -0.15) is 5.10 Å². The number of rotatable bonds is 5. The largest absolute Gasteiger partial charge is 0.392 e. The Balaban J connectivity index is 2.72. The molecule has 0 saturated carbocycles. The van der Waals surface area contributed by atoms with E-state index >= 15 is 0 Å². The zero-order valence-electron chi connectivity index (χ0n) is 11.3. The Morgan fingerprint density at radius 2 is 2.28 bits per heavy atom. The molecule has 0 bridgehead atoms. The molecule has 0 radical (unpaired) electrons. The summed E-state index contributed by atoms with van der Waals surface area (Å²) in [7, 11) is 1.85. The zero-order valence-corrected chi connectivity index (χ0v) is 12.1. The van der Waals surface area contributed by atoms with Crippen LogP contribution in [0.15, 0.2) is 6.20 Å². The van der Waals surface area contributed by atoms with E-state index in [4.69, 9.17) is 18.0 Å². The smallest absolute Gasteiger partial charge is 0.233 e. The molecule has 3 N–H and O–H groups in total. The highest BCUT2D eigenvalue weighted by atomic mass is 32.1. The van der Waals surface area contributed by atoms with Gasteiger partial charge in [0.15, 0.2) is 0 Å². The summed E-state index contributed by atoms with van der Waals surface area (Å²) < 4.78 is 1.73. The SMILES string of the molecule is CCC(C)(C(=O)NCc1cn(C)nc1C)C(N)=S. The lowest BCUT2D eigenvalue weighted by atomic mass is 9.86. The molecule has 1 aromatic heterocycles. The summed E-state index contributed by atoms with van der Waals surface area (Å²) in [6, 6.07) is 0. The minimum absolute atomic E-state index is 0.138.